The van der Waals surface area contributed by atoms with E-state index in [9.17, 15) is 9.50 Å². The minimum absolute atomic E-state index is 0.238. The van der Waals surface area contributed by atoms with Crippen LogP contribution in [0.1, 0.15) is 38.5 Å². The van der Waals surface area contributed by atoms with Crippen LogP contribution in [0, 0.1) is 11.7 Å². The predicted octanol–water partition coefficient (Wildman–Crippen LogP) is 3.15. The first-order valence-corrected chi connectivity index (χ1v) is 10.2. The topological polar surface area (TPSA) is 35.9 Å². The number of rotatable bonds is 8. The van der Waals surface area contributed by atoms with Gasteiger partial charge in [-0.05, 0) is 49.4 Å². The summed E-state index contributed by atoms with van der Waals surface area (Å²) in [5.74, 6) is 1.32. The largest absolute Gasteiger partial charge is 0.492 e. The molecule has 0 radical (unpaired) electrons. The summed E-state index contributed by atoms with van der Waals surface area (Å²) in [6, 6.07) is 6.65. The van der Waals surface area contributed by atoms with E-state index in [1.54, 1.807) is 12.1 Å². The Bertz CT molecular complexity index is 519. The molecular weight excluding hydrogens is 331 g/mol. The SMILES string of the molecule is OCCC1CN(CCOc2ccc(F)cc2)CCN1CC1CCCCC1. The van der Waals surface area contributed by atoms with Gasteiger partial charge in [-0.3, -0.25) is 9.80 Å². The molecule has 1 saturated heterocycles. The van der Waals surface area contributed by atoms with Gasteiger partial charge in [0, 0.05) is 45.4 Å². The molecule has 26 heavy (non-hydrogen) atoms. The van der Waals surface area contributed by atoms with Gasteiger partial charge >= 0.3 is 0 Å². The minimum Gasteiger partial charge on any atom is -0.492 e. The van der Waals surface area contributed by atoms with Gasteiger partial charge in [0.15, 0.2) is 0 Å². The molecule has 1 heterocycles. The quantitative estimate of drug-likeness (QED) is 0.769. The van der Waals surface area contributed by atoms with Crippen molar-refractivity contribution in [3.8, 4) is 5.75 Å². The highest BCUT2D eigenvalue weighted by Crippen LogP contribution is 2.26. The third-order valence-corrected chi connectivity index (χ3v) is 5.86. The van der Waals surface area contributed by atoms with Gasteiger partial charge in [0.1, 0.15) is 18.2 Å². The van der Waals surface area contributed by atoms with E-state index in [1.165, 1.54) is 50.8 Å². The number of halogens is 1. The third-order valence-electron chi connectivity index (χ3n) is 5.86. The van der Waals surface area contributed by atoms with Crippen molar-refractivity contribution >= 4 is 0 Å². The van der Waals surface area contributed by atoms with Gasteiger partial charge < -0.3 is 9.84 Å². The number of hydrogen-bond acceptors (Lipinski definition) is 4. The number of piperazine rings is 1. The number of aliphatic hydroxyl groups is 1. The minimum atomic E-state index is -0.238. The number of ether oxygens (including phenoxy) is 1. The van der Waals surface area contributed by atoms with Crippen LogP contribution in [-0.4, -0.2) is 66.9 Å². The molecule has 0 aromatic heterocycles. The second-order valence-corrected chi connectivity index (χ2v) is 7.77. The molecule has 5 heteroatoms. The van der Waals surface area contributed by atoms with Gasteiger partial charge in [0.25, 0.3) is 0 Å². The number of hydrogen-bond donors (Lipinski definition) is 1. The molecule has 2 fully saturated rings. The zero-order chi connectivity index (χ0) is 18.2. The Morgan fingerprint density at radius 1 is 1.08 bits per heavy atom. The molecule has 0 bridgehead atoms. The van der Waals surface area contributed by atoms with Crippen LogP contribution >= 0.6 is 0 Å². The Labute approximate surface area is 156 Å². The molecular formula is C21H33FN2O2. The van der Waals surface area contributed by atoms with Gasteiger partial charge in [-0.1, -0.05) is 19.3 Å². The molecule has 146 valence electrons. The van der Waals surface area contributed by atoms with Crippen LogP contribution in [0.15, 0.2) is 24.3 Å². The summed E-state index contributed by atoms with van der Waals surface area (Å²) in [7, 11) is 0. The third kappa shape index (κ3) is 5.93. The molecule has 2 aliphatic rings. The van der Waals surface area contributed by atoms with E-state index in [2.05, 4.69) is 9.80 Å². The fourth-order valence-electron chi connectivity index (χ4n) is 4.35. The summed E-state index contributed by atoms with van der Waals surface area (Å²) in [4.78, 5) is 5.05. The standard InChI is InChI=1S/C21H33FN2O2/c22-19-6-8-21(9-7-19)26-15-13-23-11-12-24(20(17-23)10-14-25)16-18-4-2-1-3-5-18/h6-9,18,20,25H,1-5,10-17H2. The smallest absolute Gasteiger partial charge is 0.123 e. The fourth-order valence-corrected chi connectivity index (χ4v) is 4.35. The summed E-state index contributed by atoms with van der Waals surface area (Å²) in [6.45, 7) is 6.08. The maximum Gasteiger partial charge on any atom is 0.123 e. The Morgan fingerprint density at radius 2 is 1.85 bits per heavy atom. The average molecular weight is 365 g/mol. The van der Waals surface area contributed by atoms with Crippen LogP contribution in [0.25, 0.3) is 0 Å². The van der Waals surface area contributed by atoms with Gasteiger partial charge in [-0.2, -0.15) is 0 Å². The molecule has 1 aliphatic carbocycles. The van der Waals surface area contributed by atoms with Crippen LogP contribution < -0.4 is 4.74 Å². The normalized spacial score (nSPS) is 23.2. The van der Waals surface area contributed by atoms with Crippen LogP contribution in [0.2, 0.25) is 0 Å². The van der Waals surface area contributed by atoms with Gasteiger partial charge in [0.2, 0.25) is 0 Å². The Kier molecular flexibility index (Phi) is 7.71. The highest BCUT2D eigenvalue weighted by Gasteiger charge is 2.28. The lowest BCUT2D eigenvalue weighted by Crippen LogP contribution is -2.55. The molecule has 1 atom stereocenters. The summed E-state index contributed by atoms with van der Waals surface area (Å²) < 4.78 is 18.7. The second kappa shape index (κ2) is 10.2. The van der Waals surface area contributed by atoms with Crippen molar-refractivity contribution in [3.63, 3.8) is 0 Å². The molecule has 1 saturated carbocycles. The lowest BCUT2D eigenvalue weighted by atomic mass is 9.88. The molecule has 1 aromatic rings. The van der Waals surface area contributed by atoms with E-state index in [-0.39, 0.29) is 12.4 Å². The van der Waals surface area contributed by atoms with E-state index in [1.807, 2.05) is 0 Å². The highest BCUT2D eigenvalue weighted by atomic mass is 19.1. The van der Waals surface area contributed by atoms with Crippen molar-refractivity contribution < 1.29 is 14.2 Å². The van der Waals surface area contributed by atoms with E-state index < -0.39 is 0 Å². The van der Waals surface area contributed by atoms with Crippen LogP contribution in [0.3, 0.4) is 0 Å². The molecule has 0 spiro atoms. The molecule has 3 rings (SSSR count). The molecule has 1 unspecified atom stereocenters. The fraction of sp³-hybridized carbons (Fsp3) is 0.714. The first kappa shape index (κ1) is 19.6. The van der Waals surface area contributed by atoms with Gasteiger partial charge in [-0.15, -0.1) is 0 Å². The summed E-state index contributed by atoms with van der Waals surface area (Å²) in [5.41, 5.74) is 0. The average Bonchev–Trinajstić information content (AvgIpc) is 2.66. The maximum atomic E-state index is 12.9. The Hall–Kier alpha value is -1.17. The molecule has 4 nitrogen and oxygen atoms in total. The van der Waals surface area contributed by atoms with Crippen LogP contribution in [0.5, 0.6) is 5.75 Å². The van der Waals surface area contributed by atoms with Crippen molar-refractivity contribution in [2.75, 3.05) is 45.9 Å². The molecule has 1 N–H and O–H groups in total. The van der Waals surface area contributed by atoms with Crippen molar-refractivity contribution in [2.24, 2.45) is 5.92 Å². The van der Waals surface area contributed by atoms with Crippen molar-refractivity contribution in [2.45, 2.75) is 44.6 Å². The van der Waals surface area contributed by atoms with Crippen molar-refractivity contribution in [1.29, 1.82) is 0 Å². The maximum absolute atomic E-state index is 12.9. The predicted molar refractivity (Wildman–Crippen MR) is 102 cm³/mol. The first-order chi connectivity index (χ1) is 12.7. The molecule has 0 amide bonds. The first-order valence-electron chi connectivity index (χ1n) is 10.2. The van der Waals surface area contributed by atoms with E-state index >= 15 is 0 Å². The highest BCUT2D eigenvalue weighted by molar-refractivity contribution is 5.21. The van der Waals surface area contributed by atoms with E-state index in [0.29, 0.717) is 18.4 Å². The molecule has 1 aliphatic heterocycles. The second-order valence-electron chi connectivity index (χ2n) is 7.77. The van der Waals surface area contributed by atoms with Gasteiger partial charge in [0.05, 0.1) is 0 Å². The zero-order valence-electron chi connectivity index (χ0n) is 15.8. The van der Waals surface area contributed by atoms with Gasteiger partial charge in [-0.25, -0.2) is 4.39 Å². The van der Waals surface area contributed by atoms with Crippen molar-refractivity contribution in [3.05, 3.63) is 30.1 Å². The molecule has 1 aromatic carbocycles. The monoisotopic (exact) mass is 364 g/mol. The lowest BCUT2D eigenvalue weighted by Gasteiger charge is -2.43. The van der Waals surface area contributed by atoms with Crippen LogP contribution in [-0.2, 0) is 0 Å². The van der Waals surface area contributed by atoms with Crippen LogP contribution in [0.4, 0.5) is 4.39 Å². The summed E-state index contributed by atoms with van der Waals surface area (Å²) >= 11 is 0. The summed E-state index contributed by atoms with van der Waals surface area (Å²) in [5, 5.41) is 9.48. The number of aliphatic hydroxyl groups excluding tert-OH is 1. The van der Waals surface area contributed by atoms with E-state index in [0.717, 1.165) is 38.5 Å². The summed E-state index contributed by atoms with van der Waals surface area (Å²) in [6.07, 6.45) is 7.77. The Balaban J connectivity index is 1.43. The van der Waals surface area contributed by atoms with Crippen molar-refractivity contribution in [1.82, 2.24) is 9.80 Å². The number of nitrogens with zero attached hydrogens (tertiary/aromatic N) is 2. The lowest BCUT2D eigenvalue weighted by molar-refractivity contribution is 0.0380. The Morgan fingerprint density at radius 3 is 2.58 bits per heavy atom. The van der Waals surface area contributed by atoms with E-state index in [4.69, 9.17) is 4.74 Å². The zero-order valence-corrected chi connectivity index (χ0v) is 15.8. The number of benzene rings is 1.